The number of hydrogen-bond acceptors (Lipinski definition) is 2. The molecule has 2 aromatic rings. The van der Waals surface area contributed by atoms with Gasteiger partial charge in [-0.2, -0.15) is 0 Å². The molecule has 1 aromatic heterocycles. The normalized spacial score (nSPS) is 10.4. The van der Waals surface area contributed by atoms with Gasteiger partial charge in [-0.15, -0.1) is 0 Å². The van der Waals surface area contributed by atoms with Crippen molar-refractivity contribution >= 4 is 21.6 Å². The van der Waals surface area contributed by atoms with E-state index in [1.54, 1.807) is 0 Å². The second-order valence-corrected chi connectivity index (χ2v) is 4.47. The van der Waals surface area contributed by atoms with Crippen LogP contribution in [-0.2, 0) is 13.5 Å². The van der Waals surface area contributed by atoms with E-state index in [1.807, 2.05) is 42.2 Å². The van der Waals surface area contributed by atoms with Crippen LogP contribution in [-0.4, -0.2) is 16.1 Å². The molecular weight excluding hydrogens is 266 g/mol. The van der Waals surface area contributed by atoms with Gasteiger partial charge >= 0.3 is 0 Å². The van der Waals surface area contributed by atoms with Gasteiger partial charge in [-0.05, 0) is 28.1 Å². The summed E-state index contributed by atoms with van der Waals surface area (Å²) in [6, 6.07) is 8.12. The van der Waals surface area contributed by atoms with Gasteiger partial charge in [0.15, 0.2) is 0 Å². The molecule has 0 spiro atoms. The van der Waals surface area contributed by atoms with Crippen LogP contribution in [0.2, 0.25) is 0 Å². The lowest BCUT2D eigenvalue weighted by molar-refractivity contribution is 0.789. The van der Waals surface area contributed by atoms with Gasteiger partial charge in [0.2, 0.25) is 0 Å². The molecule has 1 heterocycles. The monoisotopic (exact) mass is 279 g/mol. The standard InChI is InChI=1S/C12H14BrN3/c1-16-9-8-15-12(16)6-7-14-11-5-3-2-4-10(11)13/h2-5,8-9,14H,6-7H2,1H3. The molecule has 0 aliphatic carbocycles. The SMILES string of the molecule is Cn1ccnc1CCNc1ccccc1Br. The van der Waals surface area contributed by atoms with Gasteiger partial charge < -0.3 is 9.88 Å². The summed E-state index contributed by atoms with van der Waals surface area (Å²) in [5, 5.41) is 3.38. The lowest BCUT2D eigenvalue weighted by Crippen LogP contribution is -2.08. The molecule has 16 heavy (non-hydrogen) atoms. The number of nitrogens with zero attached hydrogens (tertiary/aromatic N) is 2. The topological polar surface area (TPSA) is 29.9 Å². The fourth-order valence-electron chi connectivity index (χ4n) is 1.55. The maximum absolute atomic E-state index is 4.28. The minimum Gasteiger partial charge on any atom is -0.384 e. The molecule has 0 unspecified atom stereocenters. The number of benzene rings is 1. The predicted molar refractivity (Wildman–Crippen MR) is 69.5 cm³/mol. The summed E-state index contributed by atoms with van der Waals surface area (Å²) in [5.74, 6) is 1.10. The van der Waals surface area contributed by atoms with Crippen LogP contribution in [0.3, 0.4) is 0 Å². The number of anilines is 1. The molecule has 3 nitrogen and oxygen atoms in total. The fourth-order valence-corrected chi connectivity index (χ4v) is 1.98. The van der Waals surface area contributed by atoms with Crippen LogP contribution in [0.25, 0.3) is 0 Å². The van der Waals surface area contributed by atoms with Crippen molar-refractivity contribution in [1.82, 2.24) is 9.55 Å². The Morgan fingerprint density at radius 1 is 1.38 bits per heavy atom. The van der Waals surface area contributed by atoms with Crippen molar-refractivity contribution in [1.29, 1.82) is 0 Å². The van der Waals surface area contributed by atoms with Crippen molar-refractivity contribution in [3.63, 3.8) is 0 Å². The number of aryl methyl sites for hydroxylation is 1. The van der Waals surface area contributed by atoms with Crippen LogP contribution in [0.1, 0.15) is 5.82 Å². The molecule has 0 saturated heterocycles. The summed E-state index contributed by atoms with van der Waals surface area (Å²) in [7, 11) is 2.01. The molecule has 0 amide bonds. The first-order valence-corrected chi connectivity index (χ1v) is 6.01. The molecule has 0 aliphatic rings. The fraction of sp³-hybridized carbons (Fsp3) is 0.250. The van der Waals surface area contributed by atoms with Crippen molar-refractivity contribution in [3.05, 3.63) is 47.0 Å². The lowest BCUT2D eigenvalue weighted by Gasteiger charge is -2.08. The third-order valence-corrected chi connectivity index (χ3v) is 3.15. The molecule has 84 valence electrons. The number of halogens is 1. The molecule has 0 bridgehead atoms. The van der Waals surface area contributed by atoms with Crippen LogP contribution >= 0.6 is 15.9 Å². The molecule has 0 saturated carbocycles. The van der Waals surface area contributed by atoms with Crippen molar-refractivity contribution in [2.45, 2.75) is 6.42 Å². The maximum Gasteiger partial charge on any atom is 0.110 e. The average molecular weight is 280 g/mol. The number of aromatic nitrogens is 2. The van der Waals surface area contributed by atoms with Crippen molar-refractivity contribution in [3.8, 4) is 0 Å². The van der Waals surface area contributed by atoms with E-state index in [1.165, 1.54) is 0 Å². The number of para-hydroxylation sites is 1. The van der Waals surface area contributed by atoms with Crippen molar-refractivity contribution in [2.24, 2.45) is 7.05 Å². The average Bonchev–Trinajstić information content (AvgIpc) is 2.67. The molecule has 1 N–H and O–H groups in total. The van der Waals surface area contributed by atoms with Gasteiger partial charge in [-0.1, -0.05) is 12.1 Å². The Balaban J connectivity index is 1.89. The first-order chi connectivity index (χ1) is 7.77. The van der Waals surface area contributed by atoms with Gasteiger partial charge in [-0.25, -0.2) is 4.98 Å². The highest BCUT2D eigenvalue weighted by Crippen LogP contribution is 2.20. The van der Waals surface area contributed by atoms with E-state index in [-0.39, 0.29) is 0 Å². The van der Waals surface area contributed by atoms with Crippen LogP contribution < -0.4 is 5.32 Å². The highest BCUT2D eigenvalue weighted by molar-refractivity contribution is 9.10. The summed E-state index contributed by atoms with van der Waals surface area (Å²) < 4.78 is 3.14. The second-order valence-electron chi connectivity index (χ2n) is 3.61. The summed E-state index contributed by atoms with van der Waals surface area (Å²) in [6.45, 7) is 0.882. The zero-order valence-electron chi connectivity index (χ0n) is 9.15. The van der Waals surface area contributed by atoms with Gasteiger partial charge in [-0.3, -0.25) is 0 Å². The zero-order chi connectivity index (χ0) is 11.4. The predicted octanol–water partition coefficient (Wildman–Crippen LogP) is 2.84. The van der Waals surface area contributed by atoms with Gasteiger partial charge in [0.25, 0.3) is 0 Å². The molecular formula is C12H14BrN3. The van der Waals surface area contributed by atoms with E-state index in [9.17, 15) is 0 Å². The summed E-state index contributed by atoms with van der Waals surface area (Å²) in [6.07, 6.45) is 4.71. The number of imidazole rings is 1. The lowest BCUT2D eigenvalue weighted by atomic mass is 10.3. The van der Waals surface area contributed by atoms with E-state index in [0.29, 0.717) is 0 Å². The Morgan fingerprint density at radius 2 is 2.19 bits per heavy atom. The largest absolute Gasteiger partial charge is 0.384 e. The van der Waals surface area contributed by atoms with E-state index in [4.69, 9.17) is 0 Å². The number of nitrogens with one attached hydrogen (secondary N) is 1. The zero-order valence-corrected chi connectivity index (χ0v) is 10.7. The third-order valence-electron chi connectivity index (χ3n) is 2.46. The Hall–Kier alpha value is -1.29. The molecule has 0 radical (unpaired) electrons. The first kappa shape index (κ1) is 11.2. The molecule has 4 heteroatoms. The molecule has 0 aliphatic heterocycles. The molecule has 2 rings (SSSR count). The summed E-state index contributed by atoms with van der Waals surface area (Å²) in [5.41, 5.74) is 1.12. The van der Waals surface area contributed by atoms with Gasteiger partial charge in [0.1, 0.15) is 5.82 Å². The smallest absolute Gasteiger partial charge is 0.110 e. The number of hydrogen-bond donors (Lipinski definition) is 1. The van der Waals surface area contributed by atoms with Crippen LogP contribution in [0.15, 0.2) is 41.1 Å². The van der Waals surface area contributed by atoms with E-state index >= 15 is 0 Å². The summed E-state index contributed by atoms with van der Waals surface area (Å²) in [4.78, 5) is 4.28. The first-order valence-electron chi connectivity index (χ1n) is 5.22. The Kier molecular flexibility index (Phi) is 3.62. The van der Waals surface area contributed by atoms with Gasteiger partial charge in [0, 0.05) is 42.6 Å². The van der Waals surface area contributed by atoms with Crippen molar-refractivity contribution < 1.29 is 0 Å². The molecule has 1 aromatic carbocycles. The van der Waals surface area contributed by atoms with Crippen molar-refractivity contribution in [2.75, 3.05) is 11.9 Å². The van der Waals surface area contributed by atoms with E-state index < -0.39 is 0 Å². The van der Waals surface area contributed by atoms with E-state index in [0.717, 1.165) is 29.0 Å². The second kappa shape index (κ2) is 5.16. The third kappa shape index (κ3) is 2.64. The van der Waals surface area contributed by atoms with Crippen LogP contribution in [0, 0.1) is 0 Å². The van der Waals surface area contributed by atoms with Gasteiger partial charge in [0.05, 0.1) is 0 Å². The highest BCUT2D eigenvalue weighted by Gasteiger charge is 2.00. The van der Waals surface area contributed by atoms with E-state index in [2.05, 4.69) is 32.3 Å². The van der Waals surface area contributed by atoms with Crippen LogP contribution in [0.5, 0.6) is 0 Å². The minimum atomic E-state index is 0.882. The Labute approximate surface area is 104 Å². The molecule has 0 atom stereocenters. The number of rotatable bonds is 4. The Bertz CT molecular complexity index is 465. The van der Waals surface area contributed by atoms with Crippen LogP contribution in [0.4, 0.5) is 5.69 Å². The molecule has 0 fully saturated rings. The quantitative estimate of drug-likeness (QED) is 0.933. The summed E-state index contributed by atoms with van der Waals surface area (Å²) >= 11 is 3.51. The Morgan fingerprint density at radius 3 is 2.88 bits per heavy atom. The maximum atomic E-state index is 4.28. The highest BCUT2D eigenvalue weighted by atomic mass is 79.9. The minimum absolute atomic E-state index is 0.882.